The number of amides is 2. The van der Waals surface area contributed by atoms with Crippen LogP contribution in [-0.4, -0.2) is 25.5 Å². The first kappa shape index (κ1) is 22.0. The fourth-order valence-corrected chi connectivity index (χ4v) is 6.50. The third kappa shape index (κ3) is 3.63. The molecule has 0 bridgehead atoms. The van der Waals surface area contributed by atoms with Gasteiger partial charge in [-0.25, -0.2) is 17.5 Å². The van der Waals surface area contributed by atoms with Crippen LogP contribution >= 0.6 is 0 Å². The largest absolute Gasteiger partial charge is 0.307 e. The van der Waals surface area contributed by atoms with E-state index in [4.69, 9.17) is 0 Å². The highest BCUT2D eigenvalue weighted by molar-refractivity contribution is 7.91. The molecule has 1 spiro atoms. The van der Waals surface area contributed by atoms with Crippen molar-refractivity contribution >= 4 is 27.5 Å². The van der Waals surface area contributed by atoms with E-state index in [0.29, 0.717) is 25.8 Å². The molecule has 3 aliphatic rings. The molecule has 0 saturated heterocycles. The van der Waals surface area contributed by atoms with Crippen LogP contribution < -0.4 is 9.62 Å². The first-order valence-electron chi connectivity index (χ1n) is 11.6. The number of hydrogen-bond acceptors (Lipinski definition) is 4. The molecule has 0 radical (unpaired) electrons. The molecule has 1 heterocycles. The molecule has 3 aromatic carbocycles. The number of carbonyl (C=O) groups excluding carboxylic acids is 2. The van der Waals surface area contributed by atoms with Gasteiger partial charge in [0.1, 0.15) is 5.82 Å². The molecule has 1 N–H and O–H groups in total. The van der Waals surface area contributed by atoms with Gasteiger partial charge in [-0.3, -0.25) is 9.59 Å². The monoisotopic (exact) mass is 490 g/mol. The average molecular weight is 491 g/mol. The van der Waals surface area contributed by atoms with E-state index in [9.17, 15) is 22.4 Å². The first-order valence-corrected chi connectivity index (χ1v) is 13.2. The summed E-state index contributed by atoms with van der Waals surface area (Å²) in [4.78, 5) is 27.9. The van der Waals surface area contributed by atoms with E-state index in [1.807, 2.05) is 24.3 Å². The zero-order valence-electron chi connectivity index (χ0n) is 18.8. The molecule has 3 aromatic rings. The van der Waals surface area contributed by atoms with Gasteiger partial charge in [-0.15, -0.1) is 0 Å². The van der Waals surface area contributed by atoms with Crippen LogP contribution in [-0.2, 0) is 26.8 Å². The van der Waals surface area contributed by atoms with Crippen LogP contribution in [0.5, 0.6) is 0 Å². The maximum absolute atomic E-state index is 13.7. The standard InChI is InChI=1S/C27H23FN2O4S/c28-20-11-9-18(10-12-20)23-15-27(23)22-3-1-2-4-24(22)30(26(27)32)16-17-5-7-19(8-6-17)25(31)29-35(33,34)21-13-14-21/h1-12,21,23H,13-16H2,(H,29,31)/t23-,27-/m1/s1. The summed E-state index contributed by atoms with van der Waals surface area (Å²) in [6.45, 7) is 0.329. The number of fused-ring (bicyclic) bond motifs is 2. The van der Waals surface area contributed by atoms with E-state index in [0.717, 1.165) is 22.4 Å². The first-order chi connectivity index (χ1) is 16.8. The minimum atomic E-state index is -3.61. The highest BCUT2D eigenvalue weighted by Gasteiger charge is 2.67. The predicted molar refractivity (Wildman–Crippen MR) is 129 cm³/mol. The predicted octanol–water partition coefficient (Wildman–Crippen LogP) is 4.02. The number of anilines is 1. The van der Waals surface area contributed by atoms with Crippen molar-refractivity contribution in [1.82, 2.24) is 4.72 Å². The molecule has 2 fully saturated rings. The maximum atomic E-state index is 13.7. The Morgan fingerprint density at radius 3 is 2.37 bits per heavy atom. The van der Waals surface area contributed by atoms with Crippen LogP contribution in [0.15, 0.2) is 72.8 Å². The normalized spacial score (nSPS) is 22.8. The molecule has 2 atom stereocenters. The van der Waals surface area contributed by atoms with Crippen molar-refractivity contribution in [1.29, 1.82) is 0 Å². The molecular weight excluding hydrogens is 467 g/mol. The van der Waals surface area contributed by atoms with Crippen LogP contribution in [0.3, 0.4) is 0 Å². The summed E-state index contributed by atoms with van der Waals surface area (Å²) >= 11 is 0. The topological polar surface area (TPSA) is 83.6 Å². The Balaban J connectivity index is 1.23. The van der Waals surface area contributed by atoms with Crippen molar-refractivity contribution in [3.05, 3.63) is 101 Å². The van der Waals surface area contributed by atoms with Crippen molar-refractivity contribution in [2.75, 3.05) is 4.90 Å². The summed E-state index contributed by atoms with van der Waals surface area (Å²) in [6.07, 6.45) is 1.84. The number of halogens is 1. The number of para-hydroxylation sites is 1. The average Bonchev–Trinajstić information content (AvgIpc) is 3.76. The van der Waals surface area contributed by atoms with Gasteiger partial charge < -0.3 is 4.90 Å². The number of hydrogen-bond donors (Lipinski definition) is 1. The third-order valence-electron chi connectivity index (χ3n) is 7.29. The Hall–Kier alpha value is -3.52. The Kier molecular flexibility index (Phi) is 4.86. The second-order valence-electron chi connectivity index (χ2n) is 9.56. The molecule has 2 saturated carbocycles. The van der Waals surface area contributed by atoms with E-state index < -0.39 is 26.6 Å². The second kappa shape index (κ2) is 7.75. The SMILES string of the molecule is O=C(NS(=O)(=O)C1CC1)c1ccc(CN2C(=O)[C@]3(C[C@@H]3c3ccc(F)cc3)c3ccccc32)cc1. The molecule has 6 nitrogen and oxygen atoms in total. The molecule has 6 rings (SSSR count). The minimum absolute atomic E-state index is 0.00115. The fraction of sp³-hybridized carbons (Fsp3) is 0.259. The van der Waals surface area contributed by atoms with Gasteiger partial charge in [0.05, 0.1) is 17.2 Å². The quantitative estimate of drug-likeness (QED) is 0.566. The molecule has 35 heavy (non-hydrogen) atoms. The highest BCUT2D eigenvalue weighted by atomic mass is 32.2. The maximum Gasteiger partial charge on any atom is 0.264 e. The number of sulfonamides is 1. The van der Waals surface area contributed by atoms with E-state index in [-0.39, 0.29) is 23.2 Å². The van der Waals surface area contributed by atoms with Gasteiger partial charge >= 0.3 is 0 Å². The molecule has 1 aliphatic heterocycles. The van der Waals surface area contributed by atoms with Crippen molar-refractivity contribution in [3.63, 3.8) is 0 Å². The molecule has 0 unspecified atom stereocenters. The van der Waals surface area contributed by atoms with Gasteiger partial charge in [-0.1, -0.05) is 42.5 Å². The zero-order chi connectivity index (χ0) is 24.4. The van der Waals surface area contributed by atoms with E-state index in [2.05, 4.69) is 4.72 Å². The number of nitrogens with one attached hydrogen (secondary N) is 1. The summed E-state index contributed by atoms with van der Waals surface area (Å²) in [7, 11) is -3.61. The van der Waals surface area contributed by atoms with Crippen LogP contribution in [0.25, 0.3) is 0 Å². The van der Waals surface area contributed by atoms with Crippen molar-refractivity contribution in [3.8, 4) is 0 Å². The van der Waals surface area contributed by atoms with E-state index >= 15 is 0 Å². The van der Waals surface area contributed by atoms with E-state index in [1.54, 1.807) is 41.3 Å². The molecule has 2 amide bonds. The van der Waals surface area contributed by atoms with Gasteiger partial charge in [0.25, 0.3) is 5.91 Å². The Morgan fingerprint density at radius 2 is 1.69 bits per heavy atom. The lowest BCUT2D eigenvalue weighted by atomic mass is 9.92. The Bertz CT molecular complexity index is 1450. The van der Waals surface area contributed by atoms with Crippen molar-refractivity contribution in [2.24, 2.45) is 0 Å². The fourth-order valence-electron chi connectivity index (χ4n) is 5.20. The molecule has 0 aromatic heterocycles. The number of benzene rings is 3. The molecule has 2 aliphatic carbocycles. The Morgan fingerprint density at radius 1 is 1.00 bits per heavy atom. The second-order valence-corrected chi connectivity index (χ2v) is 11.5. The number of rotatable bonds is 6. The third-order valence-corrected chi connectivity index (χ3v) is 9.11. The Labute approximate surface area is 202 Å². The van der Waals surface area contributed by atoms with Gasteiger partial charge in [0.15, 0.2) is 0 Å². The molecule has 178 valence electrons. The molecule has 8 heteroatoms. The summed E-state index contributed by atoms with van der Waals surface area (Å²) in [5.74, 6) is -0.929. The van der Waals surface area contributed by atoms with Gasteiger partial charge in [-0.2, -0.15) is 0 Å². The lowest BCUT2D eigenvalue weighted by Gasteiger charge is -2.19. The van der Waals surface area contributed by atoms with Crippen LogP contribution in [0.4, 0.5) is 10.1 Å². The smallest absolute Gasteiger partial charge is 0.264 e. The van der Waals surface area contributed by atoms with Crippen molar-refractivity contribution in [2.45, 2.75) is 42.4 Å². The molecular formula is C27H23FN2O4S. The van der Waals surface area contributed by atoms with Gasteiger partial charge in [-0.05, 0) is 66.3 Å². The number of nitrogens with zero attached hydrogens (tertiary/aromatic N) is 1. The van der Waals surface area contributed by atoms with Gasteiger partial charge in [0.2, 0.25) is 15.9 Å². The van der Waals surface area contributed by atoms with Crippen LogP contribution in [0, 0.1) is 5.82 Å². The minimum Gasteiger partial charge on any atom is -0.307 e. The van der Waals surface area contributed by atoms with Crippen LogP contribution in [0.2, 0.25) is 0 Å². The highest BCUT2D eigenvalue weighted by Crippen LogP contribution is 2.66. The lowest BCUT2D eigenvalue weighted by Crippen LogP contribution is -2.33. The summed E-state index contributed by atoms with van der Waals surface area (Å²) in [5.41, 5.74) is 3.24. The lowest BCUT2D eigenvalue weighted by molar-refractivity contribution is -0.120. The van der Waals surface area contributed by atoms with Crippen LogP contribution in [0.1, 0.15) is 52.2 Å². The number of carbonyl (C=O) groups is 2. The summed E-state index contributed by atoms with van der Waals surface area (Å²) < 4.78 is 39.7. The summed E-state index contributed by atoms with van der Waals surface area (Å²) in [6, 6.07) is 20.8. The van der Waals surface area contributed by atoms with Gasteiger partial charge in [0, 0.05) is 17.2 Å². The zero-order valence-corrected chi connectivity index (χ0v) is 19.6. The van der Waals surface area contributed by atoms with E-state index in [1.165, 1.54) is 12.1 Å². The van der Waals surface area contributed by atoms with Crippen molar-refractivity contribution < 1.29 is 22.4 Å². The summed E-state index contributed by atoms with van der Waals surface area (Å²) in [5, 5.41) is -0.472.